The fourth-order valence-corrected chi connectivity index (χ4v) is 3.92. The number of ketones is 1. The summed E-state index contributed by atoms with van der Waals surface area (Å²) in [5.41, 5.74) is 3.20. The first-order valence-electron chi connectivity index (χ1n) is 9.00. The van der Waals surface area contributed by atoms with Gasteiger partial charge in [0.15, 0.2) is 17.3 Å². The number of nitro benzene ring substituents is 1. The Kier molecular flexibility index (Phi) is 3.68. The van der Waals surface area contributed by atoms with Gasteiger partial charge in [-0.1, -0.05) is 12.1 Å². The summed E-state index contributed by atoms with van der Waals surface area (Å²) in [5.74, 6) is 1.01. The molecule has 7 heteroatoms. The fraction of sp³-hybridized carbons (Fsp3) is 0.190. The number of ether oxygens (including phenoxy) is 2. The third-order valence-corrected chi connectivity index (χ3v) is 5.25. The maximum Gasteiger partial charge on any atom is 0.269 e. The Hall–Kier alpha value is -3.61. The minimum absolute atomic E-state index is 0.000902. The average molecular weight is 376 g/mol. The summed E-state index contributed by atoms with van der Waals surface area (Å²) in [7, 11) is 0. The summed E-state index contributed by atoms with van der Waals surface area (Å²) in [5, 5.41) is 11.0. The smallest absolute Gasteiger partial charge is 0.269 e. The van der Waals surface area contributed by atoms with Gasteiger partial charge in [0.1, 0.15) is 13.2 Å². The molecule has 0 N–H and O–H groups in total. The van der Waals surface area contributed by atoms with Gasteiger partial charge in [-0.15, -0.1) is 0 Å². The molecule has 28 heavy (non-hydrogen) atoms. The summed E-state index contributed by atoms with van der Waals surface area (Å²) in [6.07, 6.45) is 2.19. The molecule has 2 aliphatic heterocycles. The van der Waals surface area contributed by atoms with Gasteiger partial charge in [0, 0.05) is 48.0 Å². The van der Waals surface area contributed by atoms with E-state index < -0.39 is 4.92 Å². The number of nitro groups is 1. The van der Waals surface area contributed by atoms with Crippen LogP contribution in [0.4, 0.5) is 5.69 Å². The molecule has 0 spiro atoms. The van der Waals surface area contributed by atoms with E-state index in [9.17, 15) is 14.9 Å². The Labute approximate surface area is 160 Å². The van der Waals surface area contributed by atoms with Crippen molar-refractivity contribution in [2.24, 2.45) is 0 Å². The largest absolute Gasteiger partial charge is 0.486 e. The summed E-state index contributed by atoms with van der Waals surface area (Å²) < 4.78 is 13.3. The predicted octanol–water partition coefficient (Wildman–Crippen LogP) is 3.88. The highest BCUT2D eigenvalue weighted by atomic mass is 16.6. The number of carbonyl (C=O) groups is 1. The van der Waals surface area contributed by atoms with Crippen molar-refractivity contribution in [2.75, 3.05) is 13.2 Å². The number of nitrogens with zero attached hydrogens (tertiary/aromatic N) is 2. The monoisotopic (exact) mass is 376 g/mol. The van der Waals surface area contributed by atoms with Gasteiger partial charge in [0.25, 0.3) is 5.69 Å². The van der Waals surface area contributed by atoms with E-state index in [1.165, 1.54) is 12.1 Å². The second-order valence-corrected chi connectivity index (χ2v) is 6.84. The zero-order chi connectivity index (χ0) is 19.3. The molecule has 0 amide bonds. The molecule has 0 fully saturated rings. The molecule has 1 unspecified atom stereocenters. The molecule has 5 rings (SSSR count). The van der Waals surface area contributed by atoms with Crippen molar-refractivity contribution in [2.45, 2.75) is 12.3 Å². The van der Waals surface area contributed by atoms with Crippen LogP contribution in [-0.2, 0) is 0 Å². The molecule has 0 bridgehead atoms. The molecular formula is C21H16N2O5. The Morgan fingerprint density at radius 3 is 2.46 bits per heavy atom. The lowest BCUT2D eigenvalue weighted by molar-refractivity contribution is -0.384. The molecule has 7 nitrogen and oxygen atoms in total. The number of carbonyl (C=O) groups excluding carboxylic acids is 1. The van der Waals surface area contributed by atoms with Crippen LogP contribution in [0.3, 0.4) is 0 Å². The van der Waals surface area contributed by atoms with Crippen molar-refractivity contribution in [3.05, 3.63) is 81.7 Å². The zero-order valence-electron chi connectivity index (χ0n) is 14.8. The maximum atomic E-state index is 13.1. The number of fused-ring (bicyclic) bond motifs is 4. The number of hydrogen-bond acceptors (Lipinski definition) is 5. The highest BCUT2D eigenvalue weighted by Crippen LogP contribution is 2.41. The van der Waals surface area contributed by atoms with Crippen molar-refractivity contribution in [3.63, 3.8) is 0 Å². The summed E-state index contributed by atoms with van der Waals surface area (Å²) in [4.78, 5) is 23.6. The lowest BCUT2D eigenvalue weighted by Crippen LogP contribution is -2.16. The topological polar surface area (TPSA) is 83.6 Å². The van der Waals surface area contributed by atoms with E-state index in [1.54, 1.807) is 18.2 Å². The first kappa shape index (κ1) is 16.6. The number of benzene rings is 2. The SMILES string of the molecule is O=C1CC(c2ccc([N+](=O)[O-])cc2)c2cccn2-c2cc3c(cc21)OCCO3. The summed E-state index contributed by atoms with van der Waals surface area (Å²) in [6.45, 7) is 0.934. The van der Waals surface area contributed by atoms with Gasteiger partial charge in [-0.3, -0.25) is 14.9 Å². The quantitative estimate of drug-likeness (QED) is 0.501. The highest BCUT2D eigenvalue weighted by Gasteiger charge is 2.30. The van der Waals surface area contributed by atoms with Crippen LogP contribution in [0.15, 0.2) is 54.7 Å². The molecule has 0 saturated heterocycles. The van der Waals surface area contributed by atoms with Crippen LogP contribution >= 0.6 is 0 Å². The van der Waals surface area contributed by atoms with Crippen LogP contribution in [-0.4, -0.2) is 28.5 Å². The zero-order valence-corrected chi connectivity index (χ0v) is 14.8. The summed E-state index contributed by atoms with van der Waals surface area (Å²) >= 11 is 0. The van der Waals surface area contributed by atoms with Gasteiger partial charge in [0.05, 0.1) is 10.6 Å². The number of Topliss-reactive ketones (excluding diaryl/α,β-unsaturated/α-hetero) is 1. The molecule has 3 aromatic rings. The Bertz CT molecular complexity index is 1100. The van der Waals surface area contributed by atoms with E-state index in [4.69, 9.17) is 9.47 Å². The standard InChI is InChI=1S/C21H16N2O5/c24-19-10-15(13-3-5-14(6-4-13)23(25)26)17-2-1-7-22(17)18-12-21-20(11-16(18)19)27-8-9-28-21/h1-7,11-12,15H,8-10H2. The number of rotatable bonds is 2. The van der Waals surface area contributed by atoms with E-state index in [0.717, 1.165) is 16.9 Å². The normalized spacial score (nSPS) is 17.4. The highest BCUT2D eigenvalue weighted by molar-refractivity contribution is 6.01. The number of aromatic nitrogens is 1. The van der Waals surface area contributed by atoms with Crippen molar-refractivity contribution in [1.82, 2.24) is 4.57 Å². The molecule has 2 aliphatic rings. The van der Waals surface area contributed by atoms with Crippen LogP contribution in [0.5, 0.6) is 11.5 Å². The third kappa shape index (κ3) is 2.55. The molecule has 2 aromatic carbocycles. The first-order valence-corrected chi connectivity index (χ1v) is 9.00. The molecule has 140 valence electrons. The molecule has 0 aliphatic carbocycles. The van der Waals surface area contributed by atoms with Crippen molar-refractivity contribution in [3.8, 4) is 17.2 Å². The van der Waals surface area contributed by atoms with E-state index >= 15 is 0 Å². The van der Waals surface area contributed by atoms with Crippen LogP contribution in [0, 0.1) is 10.1 Å². The fourth-order valence-electron chi connectivity index (χ4n) is 3.92. The van der Waals surface area contributed by atoms with Crippen LogP contribution in [0.2, 0.25) is 0 Å². The minimum atomic E-state index is -0.426. The van der Waals surface area contributed by atoms with E-state index in [1.807, 2.05) is 29.0 Å². The van der Waals surface area contributed by atoms with Crippen LogP contribution < -0.4 is 9.47 Å². The molecule has 1 atom stereocenters. The number of hydrogen-bond donors (Lipinski definition) is 0. The lowest BCUT2D eigenvalue weighted by atomic mass is 9.90. The number of non-ortho nitro benzene ring substituents is 1. The van der Waals surface area contributed by atoms with Gasteiger partial charge in [0.2, 0.25) is 0 Å². The van der Waals surface area contributed by atoms with Crippen molar-refractivity contribution >= 4 is 11.5 Å². The Balaban J connectivity index is 1.64. The van der Waals surface area contributed by atoms with Crippen molar-refractivity contribution in [1.29, 1.82) is 0 Å². The van der Waals surface area contributed by atoms with E-state index in [0.29, 0.717) is 30.3 Å². The van der Waals surface area contributed by atoms with Gasteiger partial charge in [-0.2, -0.15) is 0 Å². The molecule has 3 heterocycles. The molecule has 1 aromatic heterocycles. The first-order chi connectivity index (χ1) is 13.6. The van der Waals surface area contributed by atoms with Gasteiger partial charge < -0.3 is 14.0 Å². The van der Waals surface area contributed by atoms with Crippen molar-refractivity contribution < 1.29 is 19.2 Å². The molecule has 0 saturated carbocycles. The average Bonchev–Trinajstić information content (AvgIpc) is 3.16. The molecular weight excluding hydrogens is 360 g/mol. The maximum absolute atomic E-state index is 13.1. The predicted molar refractivity (Wildman–Crippen MR) is 101 cm³/mol. The second kappa shape index (κ2) is 6.23. The van der Waals surface area contributed by atoms with E-state index in [-0.39, 0.29) is 23.8 Å². The van der Waals surface area contributed by atoms with E-state index in [2.05, 4.69) is 0 Å². The second-order valence-electron chi connectivity index (χ2n) is 6.84. The lowest BCUT2D eigenvalue weighted by Gasteiger charge is -2.21. The van der Waals surface area contributed by atoms with Gasteiger partial charge >= 0.3 is 0 Å². The van der Waals surface area contributed by atoms with Gasteiger partial charge in [-0.25, -0.2) is 0 Å². The van der Waals surface area contributed by atoms with Crippen LogP contribution in [0.25, 0.3) is 5.69 Å². The molecule has 0 radical (unpaired) electrons. The summed E-state index contributed by atoms with van der Waals surface area (Å²) in [6, 6.07) is 13.9. The Morgan fingerprint density at radius 2 is 1.75 bits per heavy atom. The third-order valence-electron chi connectivity index (χ3n) is 5.25. The van der Waals surface area contributed by atoms with Crippen LogP contribution in [0.1, 0.15) is 34.0 Å². The minimum Gasteiger partial charge on any atom is -0.486 e. The van der Waals surface area contributed by atoms with Gasteiger partial charge in [-0.05, 0) is 23.8 Å². The Morgan fingerprint density at radius 1 is 1.04 bits per heavy atom.